The summed E-state index contributed by atoms with van der Waals surface area (Å²) < 4.78 is 0. The summed E-state index contributed by atoms with van der Waals surface area (Å²) in [7, 11) is 0. The first-order valence-corrected chi connectivity index (χ1v) is 14.2. The lowest BCUT2D eigenvalue weighted by Gasteiger charge is -2.17. The van der Waals surface area contributed by atoms with Crippen LogP contribution >= 0.6 is 0 Å². The lowest BCUT2D eigenvalue weighted by molar-refractivity contribution is 0.356. The zero-order chi connectivity index (χ0) is 21.4. The minimum atomic E-state index is 0.947. The maximum absolute atomic E-state index is 2.50. The van der Waals surface area contributed by atoms with Crippen LogP contribution in [0.4, 0.5) is 0 Å². The Balaban J connectivity index is 3.25. The molecule has 0 N–H and O–H groups in total. The first-order valence-electron chi connectivity index (χ1n) is 14.2. The maximum Gasteiger partial charge on any atom is -0.0440 e. The summed E-state index contributed by atoms with van der Waals surface area (Å²) in [6.45, 7) is 9.61. The van der Waals surface area contributed by atoms with Gasteiger partial charge in [0.15, 0.2) is 0 Å². The molecular weight excluding hydrogens is 348 g/mol. The van der Waals surface area contributed by atoms with E-state index >= 15 is 0 Å². The van der Waals surface area contributed by atoms with Crippen LogP contribution in [0.5, 0.6) is 0 Å². The van der Waals surface area contributed by atoms with Crippen LogP contribution in [-0.2, 0) is 0 Å². The van der Waals surface area contributed by atoms with Crippen LogP contribution in [0.3, 0.4) is 0 Å². The second-order valence-electron chi connectivity index (χ2n) is 10.4. The van der Waals surface area contributed by atoms with E-state index in [1.54, 1.807) is 0 Å². The standard InChI is InChI=1S/C29H60/c1-5-7-9-11-13-14-15-16-17-18-19-20-22-24-26-29(4)27-28(3)25-23-21-12-10-8-6-2/h28-29H,5-27H2,1-4H3. The van der Waals surface area contributed by atoms with Crippen molar-refractivity contribution in [3.63, 3.8) is 0 Å². The van der Waals surface area contributed by atoms with Crippen LogP contribution in [0.25, 0.3) is 0 Å². The number of hydrogen-bond acceptors (Lipinski definition) is 0. The molecule has 0 heterocycles. The van der Waals surface area contributed by atoms with Gasteiger partial charge in [0.2, 0.25) is 0 Å². The maximum atomic E-state index is 2.50. The van der Waals surface area contributed by atoms with E-state index in [0.29, 0.717) is 0 Å². The molecule has 0 radical (unpaired) electrons. The molecule has 0 spiro atoms. The largest absolute Gasteiger partial charge is 0.0654 e. The number of hydrogen-bond donors (Lipinski definition) is 0. The molecule has 0 rings (SSSR count). The molecule has 0 aliphatic heterocycles. The van der Waals surface area contributed by atoms with Gasteiger partial charge < -0.3 is 0 Å². The first-order chi connectivity index (χ1) is 14.2. The summed E-state index contributed by atoms with van der Waals surface area (Å²) >= 11 is 0. The molecule has 0 aromatic rings. The van der Waals surface area contributed by atoms with Crippen LogP contribution < -0.4 is 0 Å². The molecule has 2 atom stereocenters. The van der Waals surface area contributed by atoms with Crippen molar-refractivity contribution in [1.82, 2.24) is 0 Å². The van der Waals surface area contributed by atoms with E-state index in [2.05, 4.69) is 27.7 Å². The normalized spacial score (nSPS) is 13.7. The van der Waals surface area contributed by atoms with E-state index in [9.17, 15) is 0 Å². The molecule has 176 valence electrons. The van der Waals surface area contributed by atoms with Gasteiger partial charge in [0.05, 0.1) is 0 Å². The van der Waals surface area contributed by atoms with E-state index in [1.165, 1.54) is 148 Å². The van der Waals surface area contributed by atoms with Crippen molar-refractivity contribution in [2.75, 3.05) is 0 Å². The molecule has 0 heteroatoms. The highest BCUT2D eigenvalue weighted by atomic mass is 14.1. The fourth-order valence-corrected chi connectivity index (χ4v) is 4.88. The van der Waals surface area contributed by atoms with Crippen LogP contribution in [-0.4, -0.2) is 0 Å². The Hall–Kier alpha value is 0. The van der Waals surface area contributed by atoms with Crippen LogP contribution in [0.15, 0.2) is 0 Å². The highest BCUT2D eigenvalue weighted by Crippen LogP contribution is 2.23. The smallest absolute Gasteiger partial charge is 0.0440 e. The van der Waals surface area contributed by atoms with Gasteiger partial charge in [-0.25, -0.2) is 0 Å². The average Bonchev–Trinajstić information content (AvgIpc) is 2.70. The molecule has 0 aliphatic carbocycles. The minimum Gasteiger partial charge on any atom is -0.0654 e. The second kappa shape index (κ2) is 24.3. The van der Waals surface area contributed by atoms with E-state index in [1.807, 2.05) is 0 Å². The van der Waals surface area contributed by atoms with E-state index < -0.39 is 0 Å². The summed E-state index contributed by atoms with van der Waals surface area (Å²) in [6.07, 6.45) is 33.7. The summed E-state index contributed by atoms with van der Waals surface area (Å²) in [6, 6.07) is 0. The summed E-state index contributed by atoms with van der Waals surface area (Å²) in [5, 5.41) is 0. The van der Waals surface area contributed by atoms with E-state index in [-0.39, 0.29) is 0 Å². The predicted octanol–water partition coefficient (Wildman–Crippen LogP) is 11.3. The lowest BCUT2D eigenvalue weighted by atomic mass is 9.89. The third-order valence-electron chi connectivity index (χ3n) is 6.91. The fourth-order valence-electron chi connectivity index (χ4n) is 4.88. The summed E-state index contributed by atoms with van der Waals surface area (Å²) in [5.41, 5.74) is 0. The van der Waals surface area contributed by atoms with Crippen LogP contribution in [0.2, 0.25) is 0 Å². The molecule has 0 bridgehead atoms. The van der Waals surface area contributed by atoms with Gasteiger partial charge in [-0.1, -0.05) is 169 Å². The van der Waals surface area contributed by atoms with Gasteiger partial charge in [0.1, 0.15) is 0 Å². The van der Waals surface area contributed by atoms with Crippen LogP contribution in [0, 0.1) is 11.8 Å². The van der Waals surface area contributed by atoms with Gasteiger partial charge in [0.25, 0.3) is 0 Å². The Morgan fingerprint density at radius 3 is 0.862 bits per heavy atom. The zero-order valence-corrected chi connectivity index (χ0v) is 21.4. The third-order valence-corrected chi connectivity index (χ3v) is 6.91. The minimum absolute atomic E-state index is 0.947. The monoisotopic (exact) mass is 408 g/mol. The molecule has 0 fully saturated rings. The Bertz CT molecular complexity index is 282. The molecule has 0 aliphatic rings. The predicted molar refractivity (Wildman–Crippen MR) is 136 cm³/mol. The van der Waals surface area contributed by atoms with Gasteiger partial charge in [-0.3, -0.25) is 0 Å². The number of unbranched alkanes of at least 4 members (excludes halogenated alkanes) is 18. The van der Waals surface area contributed by atoms with Gasteiger partial charge in [0, 0.05) is 0 Å². The SMILES string of the molecule is CCCCCCCCCCCCCCCCC(C)CC(C)CCCCCCCC. The fraction of sp³-hybridized carbons (Fsp3) is 1.00. The van der Waals surface area contributed by atoms with Crippen molar-refractivity contribution in [3.05, 3.63) is 0 Å². The number of rotatable bonds is 24. The molecule has 0 aromatic heterocycles. The first kappa shape index (κ1) is 29.0. The van der Waals surface area contributed by atoms with E-state index in [0.717, 1.165) is 11.8 Å². The van der Waals surface area contributed by atoms with Gasteiger partial charge >= 0.3 is 0 Å². The van der Waals surface area contributed by atoms with Crippen molar-refractivity contribution < 1.29 is 0 Å². The molecule has 0 aromatic carbocycles. The van der Waals surface area contributed by atoms with Crippen LogP contribution in [0.1, 0.15) is 175 Å². The van der Waals surface area contributed by atoms with Crippen molar-refractivity contribution >= 4 is 0 Å². The van der Waals surface area contributed by atoms with Crippen molar-refractivity contribution in [2.45, 2.75) is 175 Å². The summed E-state index contributed by atoms with van der Waals surface area (Å²) in [5.74, 6) is 1.89. The lowest BCUT2D eigenvalue weighted by Crippen LogP contribution is -2.03. The van der Waals surface area contributed by atoms with Crippen molar-refractivity contribution in [2.24, 2.45) is 11.8 Å². The second-order valence-corrected chi connectivity index (χ2v) is 10.4. The van der Waals surface area contributed by atoms with Crippen molar-refractivity contribution in [3.8, 4) is 0 Å². The highest BCUT2D eigenvalue weighted by molar-refractivity contribution is 4.61. The van der Waals surface area contributed by atoms with Gasteiger partial charge in [-0.05, 0) is 18.3 Å². The van der Waals surface area contributed by atoms with Crippen molar-refractivity contribution in [1.29, 1.82) is 0 Å². The Kier molecular flexibility index (Phi) is 24.3. The van der Waals surface area contributed by atoms with Gasteiger partial charge in [-0.15, -0.1) is 0 Å². The molecule has 0 amide bonds. The Morgan fingerprint density at radius 1 is 0.345 bits per heavy atom. The molecule has 29 heavy (non-hydrogen) atoms. The summed E-state index contributed by atoms with van der Waals surface area (Å²) in [4.78, 5) is 0. The Labute approximate surface area is 187 Å². The molecule has 0 saturated heterocycles. The quantitative estimate of drug-likeness (QED) is 0.139. The Morgan fingerprint density at radius 2 is 0.586 bits per heavy atom. The molecule has 0 nitrogen and oxygen atoms in total. The molecular formula is C29H60. The zero-order valence-electron chi connectivity index (χ0n) is 21.4. The average molecular weight is 409 g/mol. The third kappa shape index (κ3) is 24.1. The molecule has 2 unspecified atom stereocenters. The van der Waals surface area contributed by atoms with E-state index in [4.69, 9.17) is 0 Å². The molecule has 0 saturated carbocycles. The highest BCUT2D eigenvalue weighted by Gasteiger charge is 2.08. The van der Waals surface area contributed by atoms with Gasteiger partial charge in [-0.2, -0.15) is 0 Å². The topological polar surface area (TPSA) is 0 Å².